The van der Waals surface area contributed by atoms with Crippen molar-refractivity contribution in [1.82, 2.24) is 10.2 Å². The number of hydrogen-bond donors (Lipinski definition) is 1. The highest BCUT2D eigenvalue weighted by atomic mass is 16.5. The molecular weight excluding hydrogens is 364 g/mol. The van der Waals surface area contributed by atoms with Crippen molar-refractivity contribution in [3.05, 3.63) is 29.8 Å². The maximum atomic E-state index is 12.5. The summed E-state index contributed by atoms with van der Waals surface area (Å²) in [5.74, 6) is -0.816. The van der Waals surface area contributed by atoms with Crippen LogP contribution < -0.4 is 10.1 Å². The normalized spacial score (nSPS) is 15.1. The molecule has 1 N–H and O–H groups in total. The Morgan fingerprint density at radius 2 is 1.79 bits per heavy atom. The molecule has 0 aliphatic carbocycles. The fourth-order valence-electron chi connectivity index (χ4n) is 2.72. The van der Waals surface area contributed by atoms with Gasteiger partial charge in [0, 0.05) is 18.7 Å². The highest BCUT2D eigenvalue weighted by molar-refractivity contribution is 5.97. The number of hydrogen-bond acceptors (Lipinski definition) is 6. The minimum absolute atomic E-state index is 0.197. The lowest BCUT2D eigenvalue weighted by Crippen LogP contribution is -2.47. The van der Waals surface area contributed by atoms with Gasteiger partial charge in [-0.15, -0.1) is 0 Å². The lowest BCUT2D eigenvalue weighted by atomic mass is 10.0. The van der Waals surface area contributed by atoms with Gasteiger partial charge in [-0.2, -0.15) is 0 Å². The Balaban J connectivity index is 1.90. The van der Waals surface area contributed by atoms with E-state index in [4.69, 9.17) is 14.2 Å². The van der Waals surface area contributed by atoms with E-state index < -0.39 is 17.9 Å². The van der Waals surface area contributed by atoms with Crippen LogP contribution in [-0.4, -0.2) is 68.2 Å². The van der Waals surface area contributed by atoms with Gasteiger partial charge in [-0.1, -0.05) is 13.8 Å². The summed E-state index contributed by atoms with van der Waals surface area (Å²) >= 11 is 0. The third-order valence-corrected chi connectivity index (χ3v) is 4.34. The SMILES string of the molecule is CCOc1ccc(C(=O)NC(C(=O)OCC(=O)N2CCOCC2)C(C)C)cc1. The predicted molar refractivity (Wildman–Crippen MR) is 102 cm³/mol. The first kappa shape index (κ1) is 21.7. The Morgan fingerprint density at radius 1 is 1.14 bits per heavy atom. The highest BCUT2D eigenvalue weighted by Crippen LogP contribution is 2.13. The van der Waals surface area contributed by atoms with E-state index in [9.17, 15) is 14.4 Å². The topological polar surface area (TPSA) is 94.2 Å². The van der Waals surface area contributed by atoms with Gasteiger partial charge < -0.3 is 24.4 Å². The average molecular weight is 392 g/mol. The Labute approximate surface area is 165 Å². The van der Waals surface area contributed by atoms with Crippen molar-refractivity contribution in [2.24, 2.45) is 5.92 Å². The van der Waals surface area contributed by atoms with E-state index in [2.05, 4.69) is 5.32 Å². The second kappa shape index (κ2) is 10.7. The lowest BCUT2D eigenvalue weighted by Gasteiger charge is -2.27. The standard InChI is InChI=1S/C20H28N2O6/c1-4-27-16-7-5-15(6-8-16)19(24)21-18(14(2)3)20(25)28-13-17(23)22-9-11-26-12-10-22/h5-8,14,18H,4,9-13H2,1-3H3,(H,21,24). The average Bonchev–Trinajstić information content (AvgIpc) is 2.71. The van der Waals surface area contributed by atoms with Crippen molar-refractivity contribution in [1.29, 1.82) is 0 Å². The molecule has 2 amide bonds. The molecule has 154 valence electrons. The van der Waals surface area contributed by atoms with Crippen LogP contribution in [0.5, 0.6) is 5.75 Å². The van der Waals surface area contributed by atoms with Crippen molar-refractivity contribution in [3.63, 3.8) is 0 Å². The summed E-state index contributed by atoms with van der Waals surface area (Å²) in [7, 11) is 0. The predicted octanol–water partition coefficient (Wildman–Crippen LogP) is 1.24. The third-order valence-electron chi connectivity index (χ3n) is 4.34. The molecule has 1 aromatic carbocycles. The zero-order valence-corrected chi connectivity index (χ0v) is 16.6. The summed E-state index contributed by atoms with van der Waals surface area (Å²) in [4.78, 5) is 38.6. The Kier molecular flexibility index (Phi) is 8.25. The zero-order chi connectivity index (χ0) is 20.5. The molecule has 2 rings (SSSR count). The number of nitrogens with one attached hydrogen (secondary N) is 1. The van der Waals surface area contributed by atoms with Gasteiger partial charge in [0.1, 0.15) is 11.8 Å². The molecule has 8 nitrogen and oxygen atoms in total. The summed E-state index contributed by atoms with van der Waals surface area (Å²) in [6.07, 6.45) is 0. The van der Waals surface area contributed by atoms with Crippen LogP contribution in [0.15, 0.2) is 24.3 Å². The van der Waals surface area contributed by atoms with Crippen LogP contribution >= 0.6 is 0 Å². The lowest BCUT2D eigenvalue weighted by molar-refractivity contribution is -0.155. The number of benzene rings is 1. The number of morpholine rings is 1. The van der Waals surface area contributed by atoms with E-state index in [-0.39, 0.29) is 18.4 Å². The van der Waals surface area contributed by atoms with Gasteiger partial charge in [-0.3, -0.25) is 9.59 Å². The maximum absolute atomic E-state index is 12.5. The Hall–Kier alpha value is -2.61. The van der Waals surface area contributed by atoms with Crippen LogP contribution in [0.3, 0.4) is 0 Å². The van der Waals surface area contributed by atoms with Crippen molar-refractivity contribution in [2.45, 2.75) is 26.8 Å². The molecule has 0 bridgehead atoms. The Bertz CT molecular complexity index is 668. The molecule has 1 fully saturated rings. The Morgan fingerprint density at radius 3 is 2.36 bits per heavy atom. The first-order valence-corrected chi connectivity index (χ1v) is 9.48. The summed E-state index contributed by atoms with van der Waals surface area (Å²) in [6.45, 7) is 7.60. The molecule has 1 aromatic rings. The van der Waals surface area contributed by atoms with E-state index in [0.717, 1.165) is 0 Å². The van der Waals surface area contributed by atoms with Gasteiger partial charge in [0.05, 0.1) is 19.8 Å². The molecule has 1 atom stereocenters. The van der Waals surface area contributed by atoms with Crippen molar-refractivity contribution in [2.75, 3.05) is 39.5 Å². The molecule has 1 aliphatic rings. The molecule has 28 heavy (non-hydrogen) atoms. The monoisotopic (exact) mass is 392 g/mol. The maximum Gasteiger partial charge on any atom is 0.329 e. The van der Waals surface area contributed by atoms with Crippen LogP contribution in [-0.2, 0) is 19.1 Å². The molecule has 1 heterocycles. The minimum atomic E-state index is -0.850. The molecule has 1 aliphatic heterocycles. The number of carbonyl (C=O) groups is 3. The minimum Gasteiger partial charge on any atom is -0.494 e. The molecule has 0 saturated carbocycles. The first-order chi connectivity index (χ1) is 13.4. The van der Waals surface area contributed by atoms with E-state index in [1.54, 1.807) is 43.0 Å². The number of rotatable bonds is 8. The molecule has 8 heteroatoms. The largest absolute Gasteiger partial charge is 0.494 e. The van der Waals surface area contributed by atoms with Crippen LogP contribution in [0.25, 0.3) is 0 Å². The van der Waals surface area contributed by atoms with Crippen LogP contribution in [0, 0.1) is 5.92 Å². The summed E-state index contributed by atoms with van der Waals surface area (Å²) in [5, 5.41) is 2.69. The molecule has 1 saturated heterocycles. The summed E-state index contributed by atoms with van der Waals surface area (Å²) in [5.41, 5.74) is 0.409. The van der Waals surface area contributed by atoms with Crippen molar-refractivity contribution < 1.29 is 28.6 Å². The molecular formula is C20H28N2O6. The van der Waals surface area contributed by atoms with Gasteiger partial charge in [0.2, 0.25) is 0 Å². The number of carbonyl (C=O) groups excluding carboxylic acids is 3. The number of esters is 1. The fourth-order valence-corrected chi connectivity index (χ4v) is 2.72. The van der Waals surface area contributed by atoms with Gasteiger partial charge in [-0.25, -0.2) is 4.79 Å². The molecule has 0 aromatic heterocycles. The number of amides is 2. The number of nitrogens with zero attached hydrogens (tertiary/aromatic N) is 1. The summed E-state index contributed by atoms with van der Waals surface area (Å²) < 4.78 is 15.7. The van der Waals surface area contributed by atoms with Gasteiger partial charge in [0.25, 0.3) is 11.8 Å². The smallest absolute Gasteiger partial charge is 0.329 e. The van der Waals surface area contributed by atoms with E-state index in [1.807, 2.05) is 6.92 Å². The van der Waals surface area contributed by atoms with Crippen molar-refractivity contribution in [3.8, 4) is 5.75 Å². The van der Waals surface area contributed by atoms with Gasteiger partial charge in [-0.05, 0) is 37.1 Å². The molecule has 0 radical (unpaired) electrons. The fraction of sp³-hybridized carbons (Fsp3) is 0.550. The van der Waals surface area contributed by atoms with Crippen LogP contribution in [0.2, 0.25) is 0 Å². The quantitative estimate of drug-likeness (QED) is 0.669. The first-order valence-electron chi connectivity index (χ1n) is 9.48. The van der Waals surface area contributed by atoms with Crippen LogP contribution in [0.1, 0.15) is 31.1 Å². The molecule has 1 unspecified atom stereocenters. The van der Waals surface area contributed by atoms with Crippen LogP contribution in [0.4, 0.5) is 0 Å². The highest BCUT2D eigenvalue weighted by Gasteiger charge is 2.27. The second-order valence-corrected chi connectivity index (χ2v) is 6.75. The zero-order valence-electron chi connectivity index (χ0n) is 16.6. The van der Waals surface area contributed by atoms with Crippen molar-refractivity contribution >= 4 is 17.8 Å². The molecule has 0 spiro atoms. The number of ether oxygens (including phenoxy) is 3. The second-order valence-electron chi connectivity index (χ2n) is 6.75. The van der Waals surface area contributed by atoms with Gasteiger partial charge in [0.15, 0.2) is 6.61 Å². The summed E-state index contributed by atoms with van der Waals surface area (Å²) in [6, 6.07) is 5.80. The van der Waals surface area contributed by atoms with E-state index in [1.165, 1.54) is 0 Å². The van der Waals surface area contributed by atoms with E-state index in [0.29, 0.717) is 44.2 Å². The third kappa shape index (κ3) is 6.23. The van der Waals surface area contributed by atoms with E-state index >= 15 is 0 Å². The van der Waals surface area contributed by atoms with Gasteiger partial charge >= 0.3 is 5.97 Å².